The van der Waals surface area contributed by atoms with Crippen LogP contribution in [0.15, 0.2) is 22.7 Å². The summed E-state index contributed by atoms with van der Waals surface area (Å²) in [5, 5.41) is 7.27. The summed E-state index contributed by atoms with van der Waals surface area (Å²) in [6.07, 6.45) is 0. The maximum absolute atomic E-state index is 12.3. The number of hydrogen-bond donors (Lipinski definition) is 1. The average molecular weight is 385 g/mol. The van der Waals surface area contributed by atoms with Gasteiger partial charge in [-0.15, -0.1) is 0 Å². The molecule has 2 rings (SSSR count). The van der Waals surface area contributed by atoms with Gasteiger partial charge in [-0.3, -0.25) is 14.3 Å². The van der Waals surface area contributed by atoms with E-state index in [-0.39, 0.29) is 6.54 Å². The van der Waals surface area contributed by atoms with E-state index in [2.05, 4.69) is 26.3 Å². The van der Waals surface area contributed by atoms with Crippen molar-refractivity contribution in [2.45, 2.75) is 20.4 Å². The van der Waals surface area contributed by atoms with E-state index in [0.29, 0.717) is 22.0 Å². The fourth-order valence-corrected chi connectivity index (χ4v) is 2.88. The molecule has 0 radical (unpaired) electrons. The number of rotatable bonds is 4. The topological polar surface area (TPSA) is 64.0 Å². The Hall–Kier alpha value is -1.66. The van der Waals surface area contributed by atoms with Crippen LogP contribution >= 0.6 is 27.5 Å². The van der Waals surface area contributed by atoms with E-state index in [9.17, 15) is 9.59 Å². The van der Waals surface area contributed by atoms with Crippen LogP contribution < -0.4 is 5.32 Å². The quantitative estimate of drug-likeness (QED) is 0.651. The summed E-state index contributed by atoms with van der Waals surface area (Å²) < 4.78 is 2.44. The van der Waals surface area contributed by atoms with Crippen LogP contribution in [0, 0.1) is 13.8 Å². The third kappa shape index (κ3) is 3.39. The molecule has 1 N–H and O–H groups in total. The SMILES string of the molecule is Cc1nn(C)c(C)c1C(=O)C(=O)NCc1ccc(Br)cc1Cl. The first kappa shape index (κ1) is 16.7. The Morgan fingerprint density at radius 1 is 1.36 bits per heavy atom. The van der Waals surface area contributed by atoms with Crippen LogP contribution in [-0.4, -0.2) is 21.5 Å². The Balaban J connectivity index is 2.10. The molecule has 1 aromatic heterocycles. The Bertz CT molecular complexity index is 755. The molecular weight excluding hydrogens is 370 g/mol. The molecule has 1 heterocycles. The van der Waals surface area contributed by atoms with Gasteiger partial charge in [-0.05, 0) is 31.5 Å². The number of carbonyl (C=O) groups is 2. The van der Waals surface area contributed by atoms with Crippen LogP contribution in [-0.2, 0) is 18.4 Å². The van der Waals surface area contributed by atoms with Gasteiger partial charge < -0.3 is 5.32 Å². The smallest absolute Gasteiger partial charge is 0.292 e. The number of nitrogens with one attached hydrogen (secondary N) is 1. The summed E-state index contributed by atoms with van der Waals surface area (Å²) in [5.74, 6) is -1.26. The number of aryl methyl sites for hydroxylation is 2. The van der Waals surface area contributed by atoms with Crippen molar-refractivity contribution in [3.05, 3.63) is 50.2 Å². The van der Waals surface area contributed by atoms with Crippen LogP contribution in [0.5, 0.6) is 0 Å². The van der Waals surface area contributed by atoms with E-state index in [1.165, 1.54) is 0 Å². The monoisotopic (exact) mass is 383 g/mol. The second kappa shape index (κ2) is 6.62. The van der Waals surface area contributed by atoms with E-state index >= 15 is 0 Å². The molecule has 0 atom stereocenters. The molecule has 7 heteroatoms. The van der Waals surface area contributed by atoms with E-state index in [1.807, 2.05) is 6.07 Å². The number of ketones is 1. The lowest BCUT2D eigenvalue weighted by atomic mass is 10.1. The van der Waals surface area contributed by atoms with Gasteiger partial charge in [0.25, 0.3) is 11.7 Å². The maximum Gasteiger partial charge on any atom is 0.292 e. The number of hydrogen-bond acceptors (Lipinski definition) is 3. The van der Waals surface area contributed by atoms with Crippen molar-refractivity contribution >= 4 is 39.2 Å². The third-order valence-corrected chi connectivity index (χ3v) is 4.24. The minimum Gasteiger partial charge on any atom is -0.345 e. The number of aromatic nitrogens is 2. The number of carbonyl (C=O) groups excluding carboxylic acids is 2. The molecule has 0 aliphatic heterocycles. The van der Waals surface area contributed by atoms with E-state index in [4.69, 9.17) is 11.6 Å². The van der Waals surface area contributed by atoms with Gasteiger partial charge in [-0.2, -0.15) is 5.10 Å². The van der Waals surface area contributed by atoms with E-state index in [1.54, 1.807) is 37.7 Å². The summed E-state index contributed by atoms with van der Waals surface area (Å²) in [7, 11) is 1.73. The zero-order valence-corrected chi connectivity index (χ0v) is 14.7. The molecule has 2 aromatic rings. The second-order valence-electron chi connectivity index (χ2n) is 4.92. The van der Waals surface area contributed by atoms with Crippen LogP contribution in [0.25, 0.3) is 0 Å². The molecule has 0 fully saturated rings. The van der Waals surface area contributed by atoms with E-state index < -0.39 is 11.7 Å². The molecule has 5 nitrogen and oxygen atoms in total. The average Bonchev–Trinajstić information content (AvgIpc) is 2.70. The standard InChI is InChI=1S/C15H15BrClN3O2/c1-8-13(9(2)20(3)19-8)14(21)15(22)18-7-10-4-5-11(16)6-12(10)17/h4-6H,7H2,1-3H3,(H,18,22). The lowest BCUT2D eigenvalue weighted by molar-refractivity contribution is -0.117. The Kier molecular flexibility index (Phi) is 5.03. The predicted octanol–water partition coefficient (Wildman–Crippen LogP) is 2.95. The molecule has 0 saturated carbocycles. The Morgan fingerprint density at radius 2 is 2.05 bits per heavy atom. The molecule has 1 aromatic carbocycles. The van der Waals surface area contributed by atoms with Crippen molar-refractivity contribution in [2.75, 3.05) is 0 Å². The van der Waals surface area contributed by atoms with Crippen molar-refractivity contribution in [2.24, 2.45) is 7.05 Å². The van der Waals surface area contributed by atoms with Gasteiger partial charge in [0.2, 0.25) is 0 Å². The number of Topliss-reactive ketones (excluding diaryl/α,β-unsaturated/α-hetero) is 1. The molecule has 116 valence electrons. The van der Waals surface area contributed by atoms with Crippen molar-refractivity contribution in [1.82, 2.24) is 15.1 Å². The van der Waals surface area contributed by atoms with Gasteiger partial charge in [0.1, 0.15) is 0 Å². The summed E-state index contributed by atoms with van der Waals surface area (Å²) in [6, 6.07) is 5.35. The first-order chi connectivity index (χ1) is 10.3. The zero-order chi connectivity index (χ0) is 16.4. The van der Waals surface area contributed by atoms with Gasteiger partial charge in [0.15, 0.2) is 0 Å². The van der Waals surface area contributed by atoms with Crippen molar-refractivity contribution in [1.29, 1.82) is 0 Å². The molecular formula is C15H15BrClN3O2. The van der Waals surface area contributed by atoms with Crippen molar-refractivity contribution in [3.8, 4) is 0 Å². The zero-order valence-electron chi connectivity index (χ0n) is 12.4. The van der Waals surface area contributed by atoms with Gasteiger partial charge in [-0.25, -0.2) is 0 Å². The fourth-order valence-electron chi connectivity index (χ4n) is 2.14. The fraction of sp³-hybridized carbons (Fsp3) is 0.267. The largest absolute Gasteiger partial charge is 0.345 e. The molecule has 0 aliphatic rings. The summed E-state index contributed by atoms with van der Waals surface area (Å²) in [5.41, 5.74) is 2.30. The molecule has 0 spiro atoms. The lowest BCUT2D eigenvalue weighted by Gasteiger charge is -2.07. The lowest BCUT2D eigenvalue weighted by Crippen LogP contribution is -2.31. The summed E-state index contributed by atoms with van der Waals surface area (Å²) in [6.45, 7) is 3.65. The minimum absolute atomic E-state index is 0.190. The van der Waals surface area contributed by atoms with Gasteiger partial charge in [0.05, 0.1) is 11.3 Å². The van der Waals surface area contributed by atoms with Gasteiger partial charge >= 0.3 is 0 Å². The highest BCUT2D eigenvalue weighted by Gasteiger charge is 2.23. The number of benzene rings is 1. The van der Waals surface area contributed by atoms with Crippen LogP contribution in [0.4, 0.5) is 0 Å². The normalized spacial score (nSPS) is 10.6. The highest BCUT2D eigenvalue weighted by atomic mass is 79.9. The van der Waals surface area contributed by atoms with Crippen LogP contribution in [0.2, 0.25) is 5.02 Å². The Morgan fingerprint density at radius 3 is 2.59 bits per heavy atom. The molecule has 0 saturated heterocycles. The predicted molar refractivity (Wildman–Crippen MR) is 88.0 cm³/mol. The summed E-state index contributed by atoms with van der Waals surface area (Å²) >= 11 is 9.40. The number of halogens is 2. The van der Waals surface area contributed by atoms with Crippen molar-refractivity contribution in [3.63, 3.8) is 0 Å². The second-order valence-corrected chi connectivity index (χ2v) is 6.24. The molecule has 0 unspecified atom stereocenters. The van der Waals surface area contributed by atoms with Crippen LogP contribution in [0.3, 0.4) is 0 Å². The van der Waals surface area contributed by atoms with Crippen LogP contribution in [0.1, 0.15) is 27.3 Å². The number of nitrogens with zero attached hydrogens (tertiary/aromatic N) is 2. The number of amides is 1. The first-order valence-corrected chi connectivity index (χ1v) is 7.75. The molecule has 0 bridgehead atoms. The third-order valence-electron chi connectivity index (χ3n) is 3.40. The maximum atomic E-state index is 12.3. The van der Waals surface area contributed by atoms with Gasteiger partial charge in [-0.1, -0.05) is 33.6 Å². The van der Waals surface area contributed by atoms with Gasteiger partial charge in [0, 0.05) is 28.8 Å². The molecule has 0 aliphatic carbocycles. The van der Waals surface area contributed by atoms with Crippen molar-refractivity contribution < 1.29 is 9.59 Å². The highest BCUT2D eigenvalue weighted by molar-refractivity contribution is 9.10. The first-order valence-electron chi connectivity index (χ1n) is 6.58. The van der Waals surface area contributed by atoms with E-state index in [0.717, 1.165) is 10.0 Å². The summed E-state index contributed by atoms with van der Waals surface area (Å²) in [4.78, 5) is 24.3. The minimum atomic E-state index is -0.668. The Labute approximate surface area is 141 Å². The molecule has 1 amide bonds. The highest BCUT2D eigenvalue weighted by Crippen LogP contribution is 2.21. The molecule has 22 heavy (non-hydrogen) atoms.